The Bertz CT molecular complexity index is 585. The van der Waals surface area contributed by atoms with Crippen LogP contribution in [0.1, 0.15) is 16.0 Å². The Morgan fingerprint density at radius 1 is 1.50 bits per heavy atom. The fraction of sp³-hybridized carbons (Fsp3) is 0.143. The first kappa shape index (κ1) is 10.9. The third kappa shape index (κ3) is 1.76. The van der Waals surface area contributed by atoms with Crippen molar-refractivity contribution < 1.29 is 5.11 Å². The molecule has 80 valence electrons. The van der Waals surface area contributed by atoms with Gasteiger partial charge < -0.3 is 5.11 Å². The van der Waals surface area contributed by atoms with Crippen LogP contribution in [0, 0.1) is 19.3 Å². The number of terminal acetylenes is 1. The van der Waals surface area contributed by atoms with Gasteiger partial charge in [-0.2, -0.15) is 0 Å². The van der Waals surface area contributed by atoms with Crippen LogP contribution in [0.15, 0.2) is 24.3 Å². The average molecular weight is 228 g/mol. The van der Waals surface area contributed by atoms with Crippen molar-refractivity contribution in [2.75, 3.05) is 6.61 Å². The Labute approximate surface area is 99.0 Å². The molecule has 0 saturated carbocycles. The topological polar surface area (TPSA) is 20.2 Å². The first-order valence-corrected chi connectivity index (χ1v) is 5.85. The van der Waals surface area contributed by atoms with Gasteiger partial charge >= 0.3 is 0 Å². The van der Waals surface area contributed by atoms with Gasteiger partial charge in [0.2, 0.25) is 0 Å². The number of hydrogen-bond acceptors (Lipinski definition) is 2. The Kier molecular flexibility index (Phi) is 3.09. The van der Waals surface area contributed by atoms with E-state index in [1.165, 1.54) is 10.3 Å². The van der Waals surface area contributed by atoms with E-state index in [1.807, 2.05) is 18.2 Å². The lowest BCUT2D eigenvalue weighted by molar-refractivity contribution is 0.343. The second-order valence-corrected chi connectivity index (χ2v) is 4.57. The molecule has 0 atom stereocenters. The lowest BCUT2D eigenvalue weighted by Gasteiger charge is -1.93. The van der Waals surface area contributed by atoms with Crippen LogP contribution in [0.2, 0.25) is 0 Å². The Hall–Kier alpha value is -1.56. The lowest BCUT2D eigenvalue weighted by atomic mass is 10.1. The van der Waals surface area contributed by atoms with Crippen molar-refractivity contribution in [3.63, 3.8) is 0 Å². The fourth-order valence-corrected chi connectivity index (χ4v) is 2.87. The zero-order valence-electron chi connectivity index (χ0n) is 9.03. The van der Waals surface area contributed by atoms with E-state index in [-0.39, 0.29) is 6.61 Å². The van der Waals surface area contributed by atoms with E-state index in [0.717, 1.165) is 15.8 Å². The highest BCUT2D eigenvalue weighted by molar-refractivity contribution is 7.20. The van der Waals surface area contributed by atoms with Crippen LogP contribution in [-0.2, 0) is 0 Å². The number of hydrogen-bond donors (Lipinski definition) is 1. The molecule has 2 heteroatoms. The second-order valence-electron chi connectivity index (χ2n) is 3.52. The van der Waals surface area contributed by atoms with Gasteiger partial charge in [-0.05, 0) is 18.6 Å². The Morgan fingerprint density at radius 2 is 2.31 bits per heavy atom. The highest BCUT2D eigenvalue weighted by Gasteiger charge is 2.09. The maximum absolute atomic E-state index is 8.79. The number of aliphatic hydroxyl groups excluding tert-OH is 1. The third-order valence-corrected chi connectivity index (χ3v) is 3.76. The number of thiophene rings is 1. The number of benzene rings is 1. The number of aryl methyl sites for hydroxylation is 1. The molecule has 0 aliphatic rings. The van der Waals surface area contributed by atoms with E-state index < -0.39 is 0 Å². The molecule has 16 heavy (non-hydrogen) atoms. The molecule has 0 aliphatic carbocycles. The molecule has 1 heterocycles. The standard InChI is InChI=1S/C14H12OS/c1-3-11-12-7-4-6-10(2)14(12)16-13(11)8-5-9-15/h1,4-8,15H,9H2,2H3/b8-5-. The minimum atomic E-state index is 0.0389. The van der Waals surface area contributed by atoms with Gasteiger partial charge in [0.15, 0.2) is 0 Å². The van der Waals surface area contributed by atoms with E-state index >= 15 is 0 Å². The summed E-state index contributed by atoms with van der Waals surface area (Å²) in [7, 11) is 0. The molecule has 1 aromatic carbocycles. The van der Waals surface area contributed by atoms with Crippen molar-refractivity contribution in [1.82, 2.24) is 0 Å². The van der Waals surface area contributed by atoms with E-state index in [4.69, 9.17) is 11.5 Å². The average Bonchev–Trinajstić information content (AvgIpc) is 2.65. The van der Waals surface area contributed by atoms with Gasteiger partial charge in [0.25, 0.3) is 0 Å². The summed E-state index contributed by atoms with van der Waals surface area (Å²) in [5, 5.41) is 9.92. The maximum Gasteiger partial charge on any atom is 0.0615 e. The molecule has 1 aromatic heterocycles. The smallest absolute Gasteiger partial charge is 0.0615 e. The molecule has 1 nitrogen and oxygen atoms in total. The molecule has 0 aliphatic heterocycles. The summed E-state index contributed by atoms with van der Waals surface area (Å²) in [5.74, 6) is 2.73. The largest absolute Gasteiger partial charge is 0.392 e. The molecule has 0 radical (unpaired) electrons. The summed E-state index contributed by atoms with van der Waals surface area (Å²) < 4.78 is 1.23. The minimum absolute atomic E-state index is 0.0389. The molecule has 1 N–H and O–H groups in total. The van der Waals surface area contributed by atoms with Gasteiger partial charge in [-0.25, -0.2) is 0 Å². The maximum atomic E-state index is 8.79. The van der Waals surface area contributed by atoms with Crippen molar-refractivity contribution in [3.05, 3.63) is 40.3 Å². The molecule has 2 rings (SSSR count). The third-order valence-electron chi connectivity index (χ3n) is 2.46. The van der Waals surface area contributed by atoms with Gasteiger partial charge in [0.1, 0.15) is 0 Å². The predicted molar refractivity (Wildman–Crippen MR) is 70.6 cm³/mol. The number of rotatable bonds is 2. The second kappa shape index (κ2) is 4.52. The number of fused-ring (bicyclic) bond motifs is 1. The van der Waals surface area contributed by atoms with Crippen LogP contribution in [0.3, 0.4) is 0 Å². The molecule has 0 bridgehead atoms. The first-order valence-electron chi connectivity index (χ1n) is 5.04. The zero-order chi connectivity index (χ0) is 11.5. The van der Waals surface area contributed by atoms with E-state index in [2.05, 4.69) is 18.9 Å². The van der Waals surface area contributed by atoms with Gasteiger partial charge in [-0.3, -0.25) is 0 Å². The van der Waals surface area contributed by atoms with E-state index in [9.17, 15) is 0 Å². The van der Waals surface area contributed by atoms with Crippen LogP contribution in [0.4, 0.5) is 0 Å². The van der Waals surface area contributed by atoms with Crippen LogP contribution in [0.25, 0.3) is 16.2 Å². The SMILES string of the molecule is C#Cc1c(/C=C\CO)sc2c(C)cccc12. The van der Waals surface area contributed by atoms with Crippen LogP contribution >= 0.6 is 11.3 Å². The lowest BCUT2D eigenvalue weighted by Crippen LogP contribution is -1.76. The molecule has 0 saturated heterocycles. The van der Waals surface area contributed by atoms with E-state index in [1.54, 1.807) is 17.4 Å². The van der Waals surface area contributed by atoms with Gasteiger partial charge in [-0.1, -0.05) is 30.2 Å². The fourth-order valence-electron chi connectivity index (χ4n) is 1.70. The zero-order valence-corrected chi connectivity index (χ0v) is 9.84. The predicted octanol–water partition coefficient (Wildman–Crippen LogP) is 3.20. The van der Waals surface area contributed by atoms with Crippen LogP contribution in [0.5, 0.6) is 0 Å². The Balaban J connectivity index is 2.72. The molecular formula is C14H12OS. The normalized spacial score (nSPS) is 11.1. The Morgan fingerprint density at radius 3 is 3.00 bits per heavy atom. The molecular weight excluding hydrogens is 216 g/mol. The van der Waals surface area contributed by atoms with Crippen LogP contribution < -0.4 is 0 Å². The molecule has 0 unspecified atom stereocenters. The summed E-state index contributed by atoms with van der Waals surface area (Å²) in [5.41, 5.74) is 2.16. The molecule has 0 spiro atoms. The molecule has 0 fully saturated rings. The summed E-state index contributed by atoms with van der Waals surface area (Å²) >= 11 is 1.67. The summed E-state index contributed by atoms with van der Waals surface area (Å²) in [6.45, 7) is 2.12. The quantitative estimate of drug-likeness (QED) is 0.783. The highest BCUT2D eigenvalue weighted by Crippen LogP contribution is 2.33. The monoisotopic (exact) mass is 228 g/mol. The van der Waals surface area contributed by atoms with Crippen molar-refractivity contribution >= 4 is 27.5 Å². The molecule has 0 amide bonds. The van der Waals surface area contributed by atoms with Crippen molar-refractivity contribution in [3.8, 4) is 12.3 Å². The van der Waals surface area contributed by atoms with Gasteiger partial charge in [0.05, 0.1) is 12.2 Å². The highest BCUT2D eigenvalue weighted by atomic mass is 32.1. The van der Waals surface area contributed by atoms with Gasteiger partial charge in [-0.15, -0.1) is 17.8 Å². The number of aliphatic hydroxyl groups is 1. The van der Waals surface area contributed by atoms with E-state index in [0.29, 0.717) is 0 Å². The van der Waals surface area contributed by atoms with Gasteiger partial charge in [0, 0.05) is 15.0 Å². The van der Waals surface area contributed by atoms with Crippen molar-refractivity contribution in [2.45, 2.75) is 6.92 Å². The summed E-state index contributed by atoms with van der Waals surface area (Å²) in [6, 6.07) is 6.15. The van der Waals surface area contributed by atoms with Crippen molar-refractivity contribution in [1.29, 1.82) is 0 Å². The summed E-state index contributed by atoms with van der Waals surface area (Å²) in [6.07, 6.45) is 9.14. The summed E-state index contributed by atoms with van der Waals surface area (Å²) in [4.78, 5) is 1.04. The van der Waals surface area contributed by atoms with Crippen molar-refractivity contribution in [2.24, 2.45) is 0 Å². The minimum Gasteiger partial charge on any atom is -0.392 e. The first-order chi connectivity index (χ1) is 7.77. The van der Waals surface area contributed by atoms with Crippen LogP contribution in [-0.4, -0.2) is 11.7 Å². The molecule has 2 aromatic rings.